The molecular weight excluding hydrogens is 616 g/mol. The number of hydrogen-bond donors (Lipinski definition) is 1. The van der Waals surface area contributed by atoms with Gasteiger partial charge in [0.05, 0.1) is 32.8 Å². The molecule has 8 nitrogen and oxygen atoms in total. The molecule has 2 aromatic carbocycles. The Labute approximate surface area is 251 Å². The van der Waals surface area contributed by atoms with Gasteiger partial charge in [-0.15, -0.1) is 11.3 Å². The first-order valence-electron chi connectivity index (χ1n) is 12.5. The molecule has 218 valence electrons. The molecule has 14 heteroatoms. The number of hydrogen-bond acceptors (Lipinski definition) is 8. The van der Waals surface area contributed by atoms with Crippen molar-refractivity contribution < 1.29 is 27.2 Å². The number of alkyl halides is 3. The maximum atomic E-state index is 13.0. The number of thiazole rings is 1. The van der Waals surface area contributed by atoms with Gasteiger partial charge in [-0.25, -0.2) is 9.78 Å². The SMILES string of the molecule is O=c1[nH]c(-c2c(Cl)cc(OCc3sc(-c4ccc(C(F)(F)F)nc4)nc3CCCOCc3ccccc3)cc2Cl)no1. The summed E-state index contributed by atoms with van der Waals surface area (Å²) in [4.78, 5) is 22.7. The Morgan fingerprint density at radius 2 is 1.79 bits per heavy atom. The fourth-order valence-corrected chi connectivity index (χ4v) is 5.61. The molecule has 0 fully saturated rings. The quantitative estimate of drug-likeness (QED) is 0.149. The predicted molar refractivity (Wildman–Crippen MR) is 152 cm³/mol. The second-order valence-electron chi connectivity index (χ2n) is 8.95. The van der Waals surface area contributed by atoms with Crippen LogP contribution in [0.5, 0.6) is 5.75 Å². The number of nitrogens with zero attached hydrogens (tertiary/aromatic N) is 3. The third kappa shape index (κ3) is 7.37. The first kappa shape index (κ1) is 29.8. The summed E-state index contributed by atoms with van der Waals surface area (Å²) < 4.78 is 55.3. The Morgan fingerprint density at radius 1 is 1.02 bits per heavy atom. The van der Waals surface area contributed by atoms with Crippen molar-refractivity contribution in [2.75, 3.05) is 6.61 Å². The summed E-state index contributed by atoms with van der Waals surface area (Å²) in [6.45, 7) is 1.07. The molecule has 0 saturated carbocycles. The molecular formula is C28H21Cl2F3N4O4S. The van der Waals surface area contributed by atoms with Gasteiger partial charge < -0.3 is 9.47 Å². The third-order valence-corrected chi connectivity index (χ3v) is 7.67. The third-order valence-electron chi connectivity index (χ3n) is 5.96. The van der Waals surface area contributed by atoms with Crippen LogP contribution in [-0.4, -0.2) is 26.7 Å². The number of benzene rings is 2. The molecule has 0 aliphatic rings. The van der Waals surface area contributed by atoms with E-state index in [9.17, 15) is 18.0 Å². The second-order valence-corrected chi connectivity index (χ2v) is 10.9. The molecule has 1 N–H and O–H groups in total. The zero-order valence-electron chi connectivity index (χ0n) is 21.6. The lowest BCUT2D eigenvalue weighted by Gasteiger charge is -2.10. The molecule has 0 spiro atoms. The van der Waals surface area contributed by atoms with Gasteiger partial charge in [-0.1, -0.05) is 58.7 Å². The fraction of sp³-hybridized carbons (Fsp3) is 0.214. The van der Waals surface area contributed by atoms with Gasteiger partial charge in [0.25, 0.3) is 0 Å². The van der Waals surface area contributed by atoms with E-state index in [-0.39, 0.29) is 28.0 Å². The summed E-state index contributed by atoms with van der Waals surface area (Å²) in [5.74, 6) is -0.321. The molecule has 3 heterocycles. The molecule has 0 radical (unpaired) electrons. The van der Waals surface area contributed by atoms with Crippen molar-refractivity contribution >= 4 is 34.5 Å². The van der Waals surface area contributed by atoms with E-state index in [4.69, 9.17) is 32.7 Å². The lowest BCUT2D eigenvalue weighted by atomic mass is 10.2. The number of rotatable bonds is 11. The molecule has 3 aromatic heterocycles. The van der Waals surface area contributed by atoms with Crippen LogP contribution >= 0.6 is 34.5 Å². The van der Waals surface area contributed by atoms with Crippen molar-refractivity contribution in [2.45, 2.75) is 32.2 Å². The minimum atomic E-state index is -4.54. The summed E-state index contributed by atoms with van der Waals surface area (Å²) in [5, 5.41) is 4.48. The van der Waals surface area contributed by atoms with E-state index in [1.165, 1.54) is 29.5 Å². The monoisotopic (exact) mass is 636 g/mol. The van der Waals surface area contributed by atoms with E-state index < -0.39 is 17.6 Å². The van der Waals surface area contributed by atoms with Crippen LogP contribution in [0, 0.1) is 0 Å². The average molecular weight is 637 g/mol. The van der Waals surface area contributed by atoms with E-state index >= 15 is 0 Å². The van der Waals surface area contributed by atoms with Crippen molar-refractivity contribution in [1.29, 1.82) is 0 Å². The van der Waals surface area contributed by atoms with Crippen molar-refractivity contribution in [3.05, 3.63) is 103 Å². The minimum Gasteiger partial charge on any atom is -0.488 e. The molecule has 0 aliphatic carbocycles. The Hall–Kier alpha value is -3.71. The van der Waals surface area contributed by atoms with Crippen molar-refractivity contribution in [2.24, 2.45) is 0 Å². The first-order valence-corrected chi connectivity index (χ1v) is 14.1. The molecule has 0 bridgehead atoms. The van der Waals surface area contributed by atoms with Crippen molar-refractivity contribution in [1.82, 2.24) is 20.1 Å². The van der Waals surface area contributed by atoms with Gasteiger partial charge in [0, 0.05) is 18.4 Å². The van der Waals surface area contributed by atoms with Crippen LogP contribution in [0.3, 0.4) is 0 Å². The largest absolute Gasteiger partial charge is 0.488 e. The van der Waals surface area contributed by atoms with Crippen LogP contribution in [0.25, 0.3) is 22.0 Å². The number of aromatic nitrogens is 4. The van der Waals surface area contributed by atoms with E-state index in [1.54, 1.807) is 0 Å². The number of pyridine rings is 1. The molecule has 0 aliphatic heterocycles. The van der Waals surface area contributed by atoms with Crippen LogP contribution in [0.2, 0.25) is 10.0 Å². The van der Waals surface area contributed by atoms with Gasteiger partial charge in [0.15, 0.2) is 5.82 Å². The van der Waals surface area contributed by atoms with Crippen molar-refractivity contribution in [3.8, 4) is 27.7 Å². The highest BCUT2D eigenvalue weighted by Crippen LogP contribution is 2.37. The molecule has 5 aromatic rings. The molecule has 5 rings (SSSR count). The zero-order chi connectivity index (χ0) is 29.7. The Kier molecular flexibility index (Phi) is 9.27. The fourth-order valence-electron chi connectivity index (χ4n) is 3.95. The van der Waals surface area contributed by atoms with Gasteiger partial charge in [-0.2, -0.15) is 13.2 Å². The topological polar surface area (TPSA) is 103 Å². The molecule has 0 saturated heterocycles. The van der Waals surface area contributed by atoms with Crippen LogP contribution < -0.4 is 10.5 Å². The summed E-state index contributed by atoms with van der Waals surface area (Å²) in [7, 11) is 0. The van der Waals surface area contributed by atoms with E-state index in [0.29, 0.717) is 42.4 Å². The normalized spacial score (nSPS) is 11.6. The van der Waals surface area contributed by atoms with Gasteiger partial charge in [-0.3, -0.25) is 14.5 Å². The van der Waals surface area contributed by atoms with Crippen LogP contribution in [0.1, 0.15) is 28.2 Å². The molecule has 42 heavy (non-hydrogen) atoms. The van der Waals surface area contributed by atoms with Gasteiger partial charge >= 0.3 is 11.9 Å². The van der Waals surface area contributed by atoms with Crippen molar-refractivity contribution in [3.63, 3.8) is 0 Å². The van der Waals surface area contributed by atoms with E-state index in [1.807, 2.05) is 30.3 Å². The van der Waals surface area contributed by atoms with Gasteiger partial charge in [0.2, 0.25) is 0 Å². The number of H-pyrrole nitrogens is 1. The average Bonchev–Trinajstić information content (AvgIpc) is 3.57. The lowest BCUT2D eigenvalue weighted by Crippen LogP contribution is -2.07. The summed E-state index contributed by atoms with van der Waals surface area (Å²) in [6, 6.07) is 15.1. The molecule has 0 unspecified atom stereocenters. The van der Waals surface area contributed by atoms with Gasteiger partial charge in [0.1, 0.15) is 23.1 Å². The highest BCUT2D eigenvalue weighted by molar-refractivity contribution is 7.15. The number of aryl methyl sites for hydroxylation is 1. The van der Waals surface area contributed by atoms with Crippen LogP contribution in [0.4, 0.5) is 13.2 Å². The second kappa shape index (κ2) is 13.1. The summed E-state index contributed by atoms with van der Waals surface area (Å²) in [5.41, 5.74) is 1.55. The number of ether oxygens (including phenoxy) is 2. The standard InChI is InChI=1S/C28H21Cl2F3N4O4S/c29-19-11-18(12-20(30)24(19)25-36-27(38)41-37-25)40-15-22-21(7-4-10-39-14-16-5-2-1-3-6-16)35-26(42-22)17-8-9-23(34-13-17)28(31,32)33/h1-3,5-6,8-9,11-13H,4,7,10,14-15H2,(H,36,37,38). The number of halogens is 5. The van der Waals surface area contributed by atoms with Crippen LogP contribution in [-0.2, 0) is 30.5 Å². The Bertz CT molecular complexity index is 1680. The minimum absolute atomic E-state index is 0.0792. The predicted octanol–water partition coefficient (Wildman–Crippen LogP) is 7.60. The zero-order valence-corrected chi connectivity index (χ0v) is 23.9. The first-order chi connectivity index (χ1) is 20.2. The van der Waals surface area contributed by atoms with E-state index in [0.717, 1.165) is 28.4 Å². The number of nitrogens with one attached hydrogen (secondary N) is 1. The Balaban J connectivity index is 1.31. The smallest absolute Gasteiger partial charge is 0.439 e. The maximum Gasteiger partial charge on any atom is 0.439 e. The Morgan fingerprint density at radius 3 is 2.43 bits per heavy atom. The number of aromatic amines is 1. The highest BCUT2D eigenvalue weighted by Gasteiger charge is 2.32. The lowest BCUT2D eigenvalue weighted by molar-refractivity contribution is -0.141. The summed E-state index contributed by atoms with van der Waals surface area (Å²) >= 11 is 14.1. The molecule has 0 atom stereocenters. The van der Waals surface area contributed by atoms with Crippen LogP contribution in [0.15, 0.2) is 70.1 Å². The van der Waals surface area contributed by atoms with Gasteiger partial charge in [-0.05, 0) is 42.7 Å². The highest BCUT2D eigenvalue weighted by atomic mass is 35.5. The summed E-state index contributed by atoms with van der Waals surface area (Å²) in [6.07, 6.45) is -2.16. The van der Waals surface area contributed by atoms with E-state index in [2.05, 4.69) is 24.6 Å². The molecule has 0 amide bonds. The maximum absolute atomic E-state index is 13.0.